The predicted octanol–water partition coefficient (Wildman–Crippen LogP) is 4.53. The number of benzene rings is 2. The van der Waals surface area contributed by atoms with E-state index in [0.29, 0.717) is 11.4 Å². The molecule has 1 N–H and O–H groups in total. The first-order valence-corrected chi connectivity index (χ1v) is 7.52. The molecular weight excluding hydrogens is 300 g/mol. The molecule has 0 spiro atoms. The zero-order valence-electron chi connectivity index (χ0n) is 12.9. The number of anilines is 1. The lowest BCUT2D eigenvalue weighted by Crippen LogP contribution is -2.07. The van der Waals surface area contributed by atoms with Gasteiger partial charge in [0.2, 0.25) is 5.91 Å². The van der Waals surface area contributed by atoms with Crippen molar-refractivity contribution >= 4 is 17.7 Å². The van der Waals surface area contributed by atoms with Crippen molar-refractivity contribution in [2.24, 2.45) is 0 Å². The molecule has 24 heavy (non-hydrogen) atoms. The van der Waals surface area contributed by atoms with Crippen LogP contribution in [0.2, 0.25) is 0 Å². The zero-order chi connectivity index (χ0) is 16.6. The van der Waals surface area contributed by atoms with E-state index >= 15 is 0 Å². The molecule has 0 unspecified atom stereocenters. The second-order valence-corrected chi connectivity index (χ2v) is 5.05. The Morgan fingerprint density at radius 1 is 0.917 bits per heavy atom. The summed E-state index contributed by atoms with van der Waals surface area (Å²) in [4.78, 5) is 15.9. The molecule has 0 radical (unpaired) electrons. The topological polar surface area (TPSA) is 51.2 Å². The van der Waals surface area contributed by atoms with Crippen molar-refractivity contribution in [2.75, 3.05) is 5.32 Å². The van der Waals surface area contributed by atoms with E-state index in [9.17, 15) is 4.79 Å². The highest BCUT2D eigenvalue weighted by molar-refractivity contribution is 6.01. The van der Waals surface area contributed by atoms with E-state index in [1.807, 2.05) is 54.6 Å². The number of hydrogen-bond acceptors (Lipinski definition) is 3. The minimum absolute atomic E-state index is 0.199. The Bertz CT molecular complexity index is 813. The number of amides is 1. The van der Waals surface area contributed by atoms with Crippen LogP contribution >= 0.6 is 0 Å². The number of carbonyl (C=O) groups excluding carboxylic acids is 1. The van der Waals surface area contributed by atoms with Crippen LogP contribution in [0.1, 0.15) is 5.56 Å². The summed E-state index contributed by atoms with van der Waals surface area (Å²) >= 11 is 0. The van der Waals surface area contributed by atoms with E-state index in [2.05, 4.69) is 10.3 Å². The quantitative estimate of drug-likeness (QED) is 0.704. The van der Waals surface area contributed by atoms with Gasteiger partial charge in [-0.3, -0.25) is 9.78 Å². The molecule has 3 rings (SSSR count). The van der Waals surface area contributed by atoms with Crippen LogP contribution in [0.4, 0.5) is 5.69 Å². The first-order chi connectivity index (χ1) is 11.8. The van der Waals surface area contributed by atoms with Gasteiger partial charge in [-0.2, -0.15) is 0 Å². The maximum absolute atomic E-state index is 11.9. The van der Waals surface area contributed by atoms with Crippen LogP contribution in [-0.4, -0.2) is 10.9 Å². The zero-order valence-corrected chi connectivity index (χ0v) is 12.9. The molecule has 1 aromatic heterocycles. The van der Waals surface area contributed by atoms with Crippen molar-refractivity contribution in [2.45, 2.75) is 0 Å². The standard InChI is InChI=1S/C20H16N2O2/c23-20(13-8-16-5-4-14-21-15-16)22-17-9-11-19(12-10-17)24-18-6-2-1-3-7-18/h1-15H,(H,22,23)/b13-8+. The molecule has 0 atom stereocenters. The summed E-state index contributed by atoms with van der Waals surface area (Å²) in [5.74, 6) is 1.29. The van der Waals surface area contributed by atoms with Crippen molar-refractivity contribution in [3.05, 3.63) is 90.8 Å². The van der Waals surface area contributed by atoms with Crippen molar-refractivity contribution in [3.63, 3.8) is 0 Å². The summed E-state index contributed by atoms with van der Waals surface area (Å²) in [5.41, 5.74) is 1.58. The van der Waals surface area contributed by atoms with Gasteiger partial charge in [0.25, 0.3) is 0 Å². The number of carbonyl (C=O) groups is 1. The minimum atomic E-state index is -0.199. The first-order valence-electron chi connectivity index (χ1n) is 7.52. The smallest absolute Gasteiger partial charge is 0.248 e. The lowest BCUT2D eigenvalue weighted by molar-refractivity contribution is -0.111. The molecule has 0 saturated heterocycles. The Kier molecular flexibility index (Phi) is 5.00. The molecule has 4 heteroatoms. The third-order valence-electron chi connectivity index (χ3n) is 3.21. The molecule has 118 valence electrons. The molecule has 1 amide bonds. The molecule has 1 heterocycles. The monoisotopic (exact) mass is 316 g/mol. The highest BCUT2D eigenvalue weighted by Crippen LogP contribution is 2.22. The van der Waals surface area contributed by atoms with Crippen LogP contribution in [0.15, 0.2) is 85.2 Å². The number of ether oxygens (including phenoxy) is 1. The first kappa shape index (κ1) is 15.5. The van der Waals surface area contributed by atoms with Gasteiger partial charge in [-0.25, -0.2) is 0 Å². The van der Waals surface area contributed by atoms with Gasteiger partial charge in [0.05, 0.1) is 0 Å². The van der Waals surface area contributed by atoms with Crippen molar-refractivity contribution < 1.29 is 9.53 Å². The second kappa shape index (κ2) is 7.74. The Hall–Kier alpha value is -3.40. The predicted molar refractivity (Wildman–Crippen MR) is 94.9 cm³/mol. The minimum Gasteiger partial charge on any atom is -0.457 e. The van der Waals surface area contributed by atoms with E-state index in [1.165, 1.54) is 6.08 Å². The summed E-state index contributed by atoms with van der Waals surface area (Å²) in [5, 5.41) is 2.80. The van der Waals surface area contributed by atoms with Gasteiger partial charge in [0.1, 0.15) is 11.5 Å². The molecule has 4 nitrogen and oxygen atoms in total. The second-order valence-electron chi connectivity index (χ2n) is 5.05. The van der Waals surface area contributed by atoms with E-state index in [0.717, 1.165) is 11.3 Å². The van der Waals surface area contributed by atoms with Crippen LogP contribution in [0.25, 0.3) is 6.08 Å². The summed E-state index contributed by atoms with van der Waals surface area (Å²) in [6, 6.07) is 20.5. The van der Waals surface area contributed by atoms with Crippen LogP contribution in [-0.2, 0) is 4.79 Å². The van der Waals surface area contributed by atoms with E-state index < -0.39 is 0 Å². The Labute approximate surface area is 140 Å². The number of hydrogen-bond donors (Lipinski definition) is 1. The summed E-state index contributed by atoms with van der Waals surface area (Å²) in [6.45, 7) is 0. The third kappa shape index (κ3) is 4.55. The molecule has 0 aliphatic rings. The van der Waals surface area contributed by atoms with E-state index in [4.69, 9.17) is 4.74 Å². The van der Waals surface area contributed by atoms with Gasteiger partial charge in [-0.15, -0.1) is 0 Å². The van der Waals surface area contributed by atoms with Gasteiger partial charge in [-0.1, -0.05) is 24.3 Å². The average molecular weight is 316 g/mol. The maximum Gasteiger partial charge on any atom is 0.248 e. The van der Waals surface area contributed by atoms with Crippen LogP contribution < -0.4 is 10.1 Å². The third-order valence-corrected chi connectivity index (χ3v) is 3.21. The van der Waals surface area contributed by atoms with E-state index in [1.54, 1.807) is 30.6 Å². The van der Waals surface area contributed by atoms with Gasteiger partial charge < -0.3 is 10.1 Å². The van der Waals surface area contributed by atoms with Gasteiger partial charge in [0.15, 0.2) is 0 Å². The Morgan fingerprint density at radius 3 is 2.38 bits per heavy atom. The van der Waals surface area contributed by atoms with Crippen molar-refractivity contribution in [3.8, 4) is 11.5 Å². The molecule has 0 fully saturated rings. The van der Waals surface area contributed by atoms with Gasteiger partial charge in [-0.05, 0) is 54.1 Å². The molecule has 3 aromatic rings. The van der Waals surface area contributed by atoms with Crippen LogP contribution in [0.5, 0.6) is 11.5 Å². The summed E-state index contributed by atoms with van der Waals surface area (Å²) in [7, 11) is 0. The fourth-order valence-corrected chi connectivity index (χ4v) is 2.06. The summed E-state index contributed by atoms with van der Waals surface area (Å²) < 4.78 is 5.71. The SMILES string of the molecule is O=C(/C=C/c1cccnc1)Nc1ccc(Oc2ccccc2)cc1. The molecule has 0 aliphatic heterocycles. The lowest BCUT2D eigenvalue weighted by Gasteiger charge is -2.07. The lowest BCUT2D eigenvalue weighted by atomic mass is 10.2. The molecule has 2 aromatic carbocycles. The van der Waals surface area contributed by atoms with Crippen molar-refractivity contribution in [1.82, 2.24) is 4.98 Å². The molecular formula is C20H16N2O2. The van der Waals surface area contributed by atoms with Gasteiger partial charge >= 0.3 is 0 Å². The Morgan fingerprint density at radius 2 is 1.67 bits per heavy atom. The fraction of sp³-hybridized carbons (Fsp3) is 0. The molecule has 0 bridgehead atoms. The van der Waals surface area contributed by atoms with Crippen LogP contribution in [0.3, 0.4) is 0 Å². The number of rotatable bonds is 5. The van der Waals surface area contributed by atoms with Crippen LogP contribution in [0, 0.1) is 0 Å². The molecule has 0 saturated carbocycles. The number of aromatic nitrogens is 1. The highest BCUT2D eigenvalue weighted by Gasteiger charge is 2.00. The average Bonchev–Trinajstić information content (AvgIpc) is 2.63. The van der Waals surface area contributed by atoms with E-state index in [-0.39, 0.29) is 5.91 Å². The normalized spacial score (nSPS) is 10.5. The maximum atomic E-state index is 11.9. The number of nitrogens with zero attached hydrogens (tertiary/aromatic N) is 1. The highest BCUT2D eigenvalue weighted by atomic mass is 16.5. The Balaban J connectivity index is 1.58. The number of para-hydroxylation sites is 1. The number of pyridine rings is 1. The molecule has 0 aliphatic carbocycles. The van der Waals surface area contributed by atoms with Gasteiger partial charge in [0, 0.05) is 24.2 Å². The largest absolute Gasteiger partial charge is 0.457 e. The number of nitrogens with one attached hydrogen (secondary N) is 1. The van der Waals surface area contributed by atoms with Crippen molar-refractivity contribution in [1.29, 1.82) is 0 Å². The fourth-order valence-electron chi connectivity index (χ4n) is 2.06. The summed E-state index contributed by atoms with van der Waals surface area (Å²) in [6.07, 6.45) is 6.58.